The Morgan fingerprint density at radius 1 is 1.15 bits per heavy atom. The Morgan fingerprint density at radius 3 is 2.63 bits per heavy atom. The van der Waals surface area contributed by atoms with Crippen LogP contribution in [0.4, 0.5) is 5.69 Å². The second-order valence-electron chi connectivity index (χ2n) is 7.92. The van der Waals surface area contributed by atoms with Gasteiger partial charge in [-0.2, -0.15) is 5.26 Å². The van der Waals surface area contributed by atoms with Crippen LogP contribution in [0.25, 0.3) is 0 Å². The highest BCUT2D eigenvalue weighted by molar-refractivity contribution is 6.35. The molecule has 3 aliphatic rings. The zero-order chi connectivity index (χ0) is 19.0. The lowest BCUT2D eigenvalue weighted by Gasteiger charge is -2.28. The summed E-state index contributed by atoms with van der Waals surface area (Å²) in [5.41, 5.74) is 0.975. The van der Waals surface area contributed by atoms with Crippen LogP contribution in [0.15, 0.2) is 18.2 Å². The van der Waals surface area contributed by atoms with E-state index in [4.69, 9.17) is 23.2 Å². The third-order valence-electron chi connectivity index (χ3n) is 6.23. The largest absolute Gasteiger partial charge is 0.371 e. The zero-order valence-electron chi connectivity index (χ0n) is 15.2. The summed E-state index contributed by atoms with van der Waals surface area (Å²) in [5.74, 6) is 0.0605. The van der Waals surface area contributed by atoms with E-state index in [1.807, 2.05) is 17.0 Å². The van der Waals surface area contributed by atoms with Crippen molar-refractivity contribution in [3.63, 3.8) is 0 Å². The van der Waals surface area contributed by atoms with E-state index in [1.165, 1.54) is 0 Å². The third-order valence-corrected chi connectivity index (χ3v) is 6.67. The lowest BCUT2D eigenvalue weighted by Crippen LogP contribution is -2.47. The van der Waals surface area contributed by atoms with E-state index < -0.39 is 0 Å². The van der Waals surface area contributed by atoms with Gasteiger partial charge in [-0.1, -0.05) is 29.6 Å². The summed E-state index contributed by atoms with van der Waals surface area (Å²) in [6.07, 6.45) is 8.23. The molecule has 1 N–H and O–H groups in total. The van der Waals surface area contributed by atoms with Crippen LogP contribution in [0.5, 0.6) is 0 Å². The van der Waals surface area contributed by atoms with Gasteiger partial charge in [0, 0.05) is 34.9 Å². The first kappa shape index (κ1) is 18.7. The molecule has 4 atom stereocenters. The number of carbonyl (C=O) groups excluding carboxylic acids is 1. The fourth-order valence-electron chi connectivity index (χ4n) is 4.91. The number of hydrogen-bond acceptors (Lipinski definition) is 4. The first-order chi connectivity index (χ1) is 13.0. The minimum absolute atomic E-state index is 0.0556. The summed E-state index contributed by atoms with van der Waals surface area (Å²) >= 11 is 12.3. The number of amides is 1. The van der Waals surface area contributed by atoms with Crippen molar-refractivity contribution in [2.45, 2.75) is 56.7 Å². The molecular weight excluding hydrogens is 383 g/mol. The second kappa shape index (κ2) is 7.77. The fourth-order valence-corrected chi connectivity index (χ4v) is 5.43. The summed E-state index contributed by atoms with van der Waals surface area (Å²) in [6, 6.07) is 6.14. The number of nitrogens with zero attached hydrogens (tertiary/aromatic N) is 3. The Balaban J connectivity index is 1.43. The molecular formula is C20H24Cl2N4O. The van der Waals surface area contributed by atoms with Crippen LogP contribution in [-0.4, -0.2) is 42.0 Å². The maximum Gasteiger partial charge on any atom is 0.225 e. The number of halogens is 2. The molecule has 1 aromatic rings. The standard InChI is InChI=1S/C20H24Cl2N4O/c21-14-7-15(22)9-17(8-14)25-6-2-1-3-13(11-25)20(27)24-18-10-16-4-5-19(18)26(16)12-23/h7-9,13,16,18-19H,1-6,10-11H2,(H,24,27)/t13-,16-,18+,19+/m0/s1. The van der Waals surface area contributed by atoms with Crippen molar-refractivity contribution in [1.29, 1.82) is 5.26 Å². The van der Waals surface area contributed by atoms with Gasteiger partial charge in [0.1, 0.15) is 0 Å². The molecule has 0 radical (unpaired) electrons. The van der Waals surface area contributed by atoms with E-state index in [0.717, 1.165) is 50.8 Å². The number of carbonyl (C=O) groups is 1. The van der Waals surface area contributed by atoms with Crippen LogP contribution < -0.4 is 10.2 Å². The van der Waals surface area contributed by atoms with Gasteiger partial charge >= 0.3 is 0 Å². The van der Waals surface area contributed by atoms with Crippen molar-refractivity contribution in [3.05, 3.63) is 28.2 Å². The second-order valence-corrected chi connectivity index (χ2v) is 8.80. The van der Waals surface area contributed by atoms with Crippen molar-refractivity contribution >= 4 is 34.8 Å². The van der Waals surface area contributed by atoms with Gasteiger partial charge < -0.3 is 15.1 Å². The van der Waals surface area contributed by atoms with Gasteiger partial charge in [0.15, 0.2) is 6.19 Å². The van der Waals surface area contributed by atoms with Gasteiger partial charge in [-0.15, -0.1) is 0 Å². The van der Waals surface area contributed by atoms with Crippen LogP contribution in [-0.2, 0) is 4.79 Å². The molecule has 3 aliphatic heterocycles. The molecule has 4 rings (SSSR count). The van der Waals surface area contributed by atoms with E-state index >= 15 is 0 Å². The minimum atomic E-state index is -0.0556. The summed E-state index contributed by atoms with van der Waals surface area (Å²) in [4.78, 5) is 17.1. The first-order valence-corrected chi connectivity index (χ1v) is 10.5. The molecule has 0 unspecified atom stereocenters. The molecule has 0 spiro atoms. The highest BCUT2D eigenvalue weighted by Gasteiger charge is 2.47. The number of fused-ring (bicyclic) bond motifs is 2. The molecule has 27 heavy (non-hydrogen) atoms. The quantitative estimate of drug-likeness (QED) is 0.775. The number of nitrogens with one attached hydrogen (secondary N) is 1. The number of benzene rings is 1. The van der Waals surface area contributed by atoms with Crippen LogP contribution in [0.3, 0.4) is 0 Å². The topological polar surface area (TPSA) is 59.4 Å². The molecule has 0 aliphatic carbocycles. The molecule has 0 saturated carbocycles. The molecule has 144 valence electrons. The summed E-state index contributed by atoms with van der Waals surface area (Å²) in [5, 5.41) is 13.8. The predicted molar refractivity (Wildman–Crippen MR) is 107 cm³/mol. The van der Waals surface area contributed by atoms with E-state index in [2.05, 4.69) is 16.4 Å². The van der Waals surface area contributed by atoms with Gasteiger partial charge in [-0.25, -0.2) is 0 Å². The molecule has 5 nitrogen and oxygen atoms in total. The molecule has 1 amide bonds. The minimum Gasteiger partial charge on any atom is -0.371 e. The lowest BCUT2D eigenvalue weighted by atomic mass is 9.94. The smallest absolute Gasteiger partial charge is 0.225 e. The Bertz CT molecular complexity index is 745. The van der Waals surface area contributed by atoms with Crippen molar-refractivity contribution in [1.82, 2.24) is 10.2 Å². The molecule has 3 fully saturated rings. The Hall–Kier alpha value is -1.64. The summed E-state index contributed by atoms with van der Waals surface area (Å²) in [6.45, 7) is 1.57. The average Bonchev–Trinajstić information content (AvgIpc) is 3.06. The molecule has 2 bridgehead atoms. The summed E-state index contributed by atoms with van der Waals surface area (Å²) in [7, 11) is 0. The molecule has 1 aromatic carbocycles. The normalized spacial score (nSPS) is 30.1. The Labute approximate surface area is 170 Å². The highest BCUT2D eigenvalue weighted by atomic mass is 35.5. The van der Waals surface area contributed by atoms with E-state index in [-0.39, 0.29) is 23.9 Å². The SMILES string of the molecule is N#CN1[C@H]2CC[C@@H]1[C@H](NC(=O)[C@H]1CCCCN(c3cc(Cl)cc(Cl)c3)C1)C2. The van der Waals surface area contributed by atoms with Gasteiger partial charge in [0.05, 0.1) is 18.0 Å². The third kappa shape index (κ3) is 3.83. The van der Waals surface area contributed by atoms with Crippen molar-refractivity contribution in [2.24, 2.45) is 5.92 Å². The van der Waals surface area contributed by atoms with Gasteiger partial charge in [0.2, 0.25) is 5.91 Å². The van der Waals surface area contributed by atoms with E-state index in [1.54, 1.807) is 6.07 Å². The van der Waals surface area contributed by atoms with Crippen molar-refractivity contribution < 1.29 is 4.79 Å². The number of rotatable bonds is 3. The summed E-state index contributed by atoms with van der Waals surface area (Å²) < 4.78 is 0. The molecule has 0 aromatic heterocycles. The fraction of sp³-hybridized carbons (Fsp3) is 0.600. The molecule has 3 heterocycles. The first-order valence-electron chi connectivity index (χ1n) is 9.74. The number of nitriles is 1. The van der Waals surface area contributed by atoms with Crippen molar-refractivity contribution in [2.75, 3.05) is 18.0 Å². The van der Waals surface area contributed by atoms with E-state index in [0.29, 0.717) is 22.6 Å². The molecule has 7 heteroatoms. The number of anilines is 1. The Kier molecular flexibility index (Phi) is 5.39. The van der Waals surface area contributed by atoms with Gasteiger partial charge in [-0.3, -0.25) is 4.79 Å². The predicted octanol–water partition coefficient (Wildman–Crippen LogP) is 3.80. The molecule has 3 saturated heterocycles. The number of hydrogen-bond donors (Lipinski definition) is 1. The Morgan fingerprint density at radius 2 is 1.93 bits per heavy atom. The van der Waals surface area contributed by atoms with Crippen molar-refractivity contribution in [3.8, 4) is 6.19 Å². The van der Waals surface area contributed by atoms with Crippen LogP contribution in [0.2, 0.25) is 10.0 Å². The maximum atomic E-state index is 13.0. The maximum absolute atomic E-state index is 13.0. The van der Waals surface area contributed by atoms with Gasteiger partial charge in [-0.05, 0) is 50.3 Å². The monoisotopic (exact) mass is 406 g/mol. The van der Waals surface area contributed by atoms with Gasteiger partial charge in [0.25, 0.3) is 0 Å². The highest BCUT2D eigenvalue weighted by Crippen LogP contribution is 2.37. The zero-order valence-corrected chi connectivity index (χ0v) is 16.7. The van der Waals surface area contributed by atoms with Crippen LogP contribution in [0.1, 0.15) is 38.5 Å². The average molecular weight is 407 g/mol. The van der Waals surface area contributed by atoms with E-state index in [9.17, 15) is 10.1 Å². The van der Waals surface area contributed by atoms with Crippen LogP contribution >= 0.6 is 23.2 Å². The lowest BCUT2D eigenvalue weighted by molar-refractivity contribution is -0.125. The van der Waals surface area contributed by atoms with Crippen LogP contribution in [0, 0.1) is 17.4 Å².